The minimum absolute atomic E-state index is 0.0386. The number of nitrogens with one attached hydrogen (secondary N) is 1. The normalized spacial score (nSPS) is 24.0. The van der Waals surface area contributed by atoms with Crippen molar-refractivity contribution < 1.29 is 32.1 Å². The molecule has 0 saturated carbocycles. The number of alkyl halides is 3. The zero-order valence-corrected chi connectivity index (χ0v) is 20.2. The molecular weight excluding hydrogens is 527 g/mol. The molecule has 2 amide bonds. The van der Waals surface area contributed by atoms with Crippen LogP contribution in [0.2, 0.25) is 0 Å². The van der Waals surface area contributed by atoms with Crippen LogP contribution in [0.3, 0.4) is 0 Å². The van der Waals surface area contributed by atoms with E-state index < -0.39 is 55.0 Å². The Morgan fingerprint density at radius 3 is 2.47 bits per heavy atom. The molecule has 1 aromatic rings. The molecule has 1 saturated heterocycles. The van der Waals surface area contributed by atoms with Gasteiger partial charge in [0.15, 0.2) is 5.25 Å². The maximum atomic E-state index is 12.7. The molecule has 3 unspecified atom stereocenters. The fourth-order valence-electron chi connectivity index (χ4n) is 3.26. The molecule has 0 radical (unpaired) electrons. The Kier molecular flexibility index (Phi) is 7.38. The molecule has 174 valence electrons. The number of carbonyl (C=O) groups is 3. The van der Waals surface area contributed by atoms with Crippen LogP contribution in [0.1, 0.15) is 17.7 Å². The topological polar surface area (TPSA) is 130 Å². The molecule has 4 atom stereocenters. The SMILES string of the molecule is CC1C=C(C(=O)OCC(Cl)(Cl)Cl)N2C(=O)C(NC(=O)C(c3ccccc3)S(=O)(=O)O)[C@H]2S1. The lowest BCUT2D eigenvalue weighted by molar-refractivity contribution is -0.152. The van der Waals surface area contributed by atoms with Crippen molar-refractivity contribution in [2.24, 2.45) is 0 Å². The molecule has 0 aromatic heterocycles. The van der Waals surface area contributed by atoms with Crippen LogP contribution in [0.25, 0.3) is 0 Å². The Labute approximate surface area is 203 Å². The van der Waals surface area contributed by atoms with Gasteiger partial charge in [-0.1, -0.05) is 65.1 Å². The summed E-state index contributed by atoms with van der Waals surface area (Å²) in [4.78, 5) is 39.0. The molecular formula is C18H17Cl3N2O7S2. The first-order valence-electron chi connectivity index (χ1n) is 9.05. The fraction of sp³-hybridized carbons (Fsp3) is 0.389. The molecule has 2 aliphatic rings. The number of halogens is 3. The highest BCUT2D eigenvalue weighted by Gasteiger charge is 2.55. The highest BCUT2D eigenvalue weighted by atomic mass is 35.6. The molecule has 0 spiro atoms. The maximum absolute atomic E-state index is 12.7. The summed E-state index contributed by atoms with van der Waals surface area (Å²) < 4.78 is 36.4. The van der Waals surface area contributed by atoms with Gasteiger partial charge in [0.25, 0.3) is 16.0 Å². The highest BCUT2D eigenvalue weighted by molar-refractivity contribution is 8.00. The standard InChI is InChI=1S/C18H17Cl3N2O7S2/c1-9-7-11(17(26)30-8-18(19,20)21)23-15(25)12(16(23)31-9)22-14(24)13(32(27,28)29)10-5-3-2-4-6-10/h2-7,9,12-13,16H,8H2,1H3,(H,22,24)(H,27,28,29)/t9?,12?,13?,16-/m1/s1. The van der Waals surface area contributed by atoms with E-state index in [0.29, 0.717) is 0 Å². The Balaban J connectivity index is 1.77. The molecule has 9 nitrogen and oxygen atoms in total. The molecule has 2 N–H and O–H groups in total. The Hall–Kier alpha value is -1.50. The molecule has 14 heteroatoms. The Bertz CT molecular complexity index is 1060. The number of nitrogens with zero attached hydrogens (tertiary/aromatic N) is 1. The smallest absolute Gasteiger partial charge is 0.354 e. The first-order valence-corrected chi connectivity index (χ1v) is 12.6. The van der Waals surface area contributed by atoms with Gasteiger partial charge in [0, 0.05) is 5.25 Å². The van der Waals surface area contributed by atoms with Gasteiger partial charge in [0.1, 0.15) is 23.7 Å². The van der Waals surface area contributed by atoms with Gasteiger partial charge in [-0.25, -0.2) is 4.79 Å². The van der Waals surface area contributed by atoms with E-state index in [9.17, 15) is 27.4 Å². The summed E-state index contributed by atoms with van der Waals surface area (Å²) in [6.07, 6.45) is 1.50. The third-order valence-corrected chi connectivity index (χ3v) is 7.30. The number of thioether (sulfide) groups is 1. The van der Waals surface area contributed by atoms with Gasteiger partial charge in [-0.2, -0.15) is 8.42 Å². The zero-order valence-electron chi connectivity index (χ0n) is 16.3. The van der Waals surface area contributed by atoms with Crippen LogP contribution < -0.4 is 5.32 Å². The molecule has 0 bridgehead atoms. The number of β-lactam (4-membered cyclic amide) rings is 1. The number of amides is 2. The minimum Gasteiger partial charge on any atom is -0.456 e. The monoisotopic (exact) mass is 542 g/mol. The van der Waals surface area contributed by atoms with Crippen molar-refractivity contribution in [3.05, 3.63) is 47.7 Å². The van der Waals surface area contributed by atoms with Crippen molar-refractivity contribution in [2.75, 3.05) is 6.61 Å². The second-order valence-electron chi connectivity index (χ2n) is 6.98. The maximum Gasteiger partial charge on any atom is 0.354 e. The van der Waals surface area contributed by atoms with Crippen molar-refractivity contribution in [2.45, 2.75) is 32.6 Å². The minimum atomic E-state index is -4.82. The molecule has 2 heterocycles. The van der Waals surface area contributed by atoms with Crippen molar-refractivity contribution in [1.82, 2.24) is 10.2 Å². The molecule has 3 rings (SSSR count). The second kappa shape index (κ2) is 9.40. The summed E-state index contributed by atoms with van der Waals surface area (Å²) in [7, 11) is -4.82. The number of fused-ring (bicyclic) bond motifs is 1. The van der Waals surface area contributed by atoms with E-state index in [2.05, 4.69) is 5.32 Å². The number of esters is 1. The van der Waals surface area contributed by atoms with Crippen LogP contribution >= 0.6 is 46.6 Å². The number of rotatable bonds is 6. The predicted octanol–water partition coefficient (Wildman–Crippen LogP) is 2.20. The van der Waals surface area contributed by atoms with Gasteiger partial charge in [-0.15, -0.1) is 11.8 Å². The zero-order chi connectivity index (χ0) is 23.8. The second-order valence-corrected chi connectivity index (χ2v) is 12.5. The number of hydrogen-bond acceptors (Lipinski definition) is 7. The van der Waals surface area contributed by atoms with Crippen LogP contribution in [-0.2, 0) is 29.2 Å². The summed E-state index contributed by atoms with van der Waals surface area (Å²) in [5.41, 5.74) is -0.0305. The van der Waals surface area contributed by atoms with Crippen LogP contribution in [0.15, 0.2) is 42.1 Å². The van der Waals surface area contributed by atoms with Gasteiger partial charge >= 0.3 is 5.97 Å². The van der Waals surface area contributed by atoms with E-state index in [0.717, 1.165) is 4.90 Å². The lowest BCUT2D eigenvalue weighted by Gasteiger charge is -2.49. The van der Waals surface area contributed by atoms with Crippen LogP contribution in [0, 0.1) is 0 Å². The molecule has 1 aromatic carbocycles. The first-order chi connectivity index (χ1) is 14.8. The van der Waals surface area contributed by atoms with E-state index in [1.807, 2.05) is 0 Å². The van der Waals surface area contributed by atoms with Crippen molar-refractivity contribution in [1.29, 1.82) is 0 Å². The lowest BCUT2D eigenvalue weighted by atomic mass is 10.0. The number of benzene rings is 1. The summed E-state index contributed by atoms with van der Waals surface area (Å²) in [5, 5.41) is -0.482. The van der Waals surface area contributed by atoms with E-state index in [1.165, 1.54) is 42.1 Å². The highest BCUT2D eigenvalue weighted by Crippen LogP contribution is 2.41. The van der Waals surface area contributed by atoms with Gasteiger partial charge in [0.05, 0.1) is 0 Å². The number of hydrogen-bond donors (Lipinski definition) is 2. The van der Waals surface area contributed by atoms with Crippen molar-refractivity contribution >= 4 is 74.5 Å². The quantitative estimate of drug-likeness (QED) is 0.242. The van der Waals surface area contributed by atoms with Crippen LogP contribution in [0.5, 0.6) is 0 Å². The lowest BCUT2D eigenvalue weighted by Crippen LogP contribution is -2.71. The summed E-state index contributed by atoms with van der Waals surface area (Å²) >= 11 is 18.0. The molecule has 0 aliphatic carbocycles. The first kappa shape index (κ1) is 25.1. The fourth-order valence-corrected chi connectivity index (χ4v) is 5.59. The van der Waals surface area contributed by atoms with Crippen molar-refractivity contribution in [3.8, 4) is 0 Å². The van der Waals surface area contributed by atoms with E-state index in [1.54, 1.807) is 13.0 Å². The van der Waals surface area contributed by atoms with Crippen LogP contribution in [0.4, 0.5) is 0 Å². The van der Waals surface area contributed by atoms with Gasteiger partial charge < -0.3 is 10.1 Å². The van der Waals surface area contributed by atoms with Gasteiger partial charge in [0.2, 0.25) is 9.70 Å². The average molecular weight is 544 g/mol. The number of carbonyl (C=O) groups excluding carboxylic acids is 3. The van der Waals surface area contributed by atoms with Gasteiger partial charge in [-0.05, 0) is 18.6 Å². The van der Waals surface area contributed by atoms with E-state index >= 15 is 0 Å². The molecule has 2 aliphatic heterocycles. The Morgan fingerprint density at radius 1 is 1.28 bits per heavy atom. The number of ether oxygens (including phenoxy) is 1. The third-order valence-electron chi connectivity index (χ3n) is 4.56. The molecule has 1 fully saturated rings. The third kappa shape index (κ3) is 5.52. The van der Waals surface area contributed by atoms with Gasteiger partial charge in [-0.3, -0.25) is 19.0 Å². The average Bonchev–Trinajstić information content (AvgIpc) is 2.68. The van der Waals surface area contributed by atoms with Crippen LogP contribution in [-0.4, -0.2) is 62.7 Å². The largest absolute Gasteiger partial charge is 0.456 e. The van der Waals surface area contributed by atoms with E-state index in [4.69, 9.17) is 39.5 Å². The van der Waals surface area contributed by atoms with Crippen molar-refractivity contribution in [3.63, 3.8) is 0 Å². The van der Waals surface area contributed by atoms with E-state index in [-0.39, 0.29) is 16.5 Å². The predicted molar refractivity (Wildman–Crippen MR) is 120 cm³/mol. The summed E-state index contributed by atoms with van der Waals surface area (Å²) in [5.74, 6) is -2.60. The Morgan fingerprint density at radius 2 is 1.91 bits per heavy atom. The summed E-state index contributed by atoms with van der Waals surface area (Å²) in [6, 6.07) is 6.25. The molecule has 32 heavy (non-hydrogen) atoms. The summed E-state index contributed by atoms with van der Waals surface area (Å²) in [6.45, 7) is 1.23.